The van der Waals surface area contributed by atoms with Gasteiger partial charge in [-0.3, -0.25) is 0 Å². The van der Waals surface area contributed by atoms with E-state index in [1.807, 2.05) is 6.92 Å². The molecule has 0 atom stereocenters. The zero-order chi connectivity index (χ0) is 5.28. The van der Waals surface area contributed by atoms with E-state index in [0.29, 0.717) is 0 Å². The van der Waals surface area contributed by atoms with Crippen LogP contribution in [0, 0.1) is 6.92 Å². The Bertz CT molecular complexity index is 142. The lowest BCUT2D eigenvalue weighted by molar-refractivity contribution is 1.00. The molecule has 0 unspecified atom stereocenters. The van der Waals surface area contributed by atoms with Gasteiger partial charge in [-0.05, 0) is 6.92 Å². The van der Waals surface area contributed by atoms with Crippen molar-refractivity contribution in [2.24, 2.45) is 0 Å². The first kappa shape index (κ1) is 5.02. The molecule has 0 aliphatic heterocycles. The van der Waals surface area contributed by atoms with Crippen LogP contribution in [0.15, 0.2) is 6.33 Å². The Hall–Kier alpha value is -0.130. The average Bonchev–Trinajstić information content (AvgIpc) is 1.91. The third-order valence-corrected chi connectivity index (χ3v) is 1.61. The summed E-state index contributed by atoms with van der Waals surface area (Å²) in [5.74, 6) is 0.931. The Morgan fingerprint density at radius 3 is 2.71 bits per heavy atom. The fraction of sp³-hybridized carbons (Fsp3) is 0.333. The fourth-order valence-electron chi connectivity index (χ4n) is 0.286. The summed E-state index contributed by atoms with van der Waals surface area (Å²) in [6, 6.07) is 0. The fourth-order valence-corrected chi connectivity index (χ4v) is 0.522. The van der Waals surface area contributed by atoms with E-state index in [0.717, 1.165) is 5.82 Å². The number of rotatable bonds is 0. The first-order chi connectivity index (χ1) is 3.30. The highest BCUT2D eigenvalue weighted by Gasteiger charge is 1.87. The predicted octanol–water partition coefficient (Wildman–Crippen LogP) is 0.785. The van der Waals surface area contributed by atoms with Crippen molar-refractivity contribution in [3.63, 3.8) is 0 Å². The highest BCUT2D eigenvalue weighted by Crippen LogP contribution is 1.93. The zero-order valence-electron chi connectivity index (χ0n) is 3.80. The molecule has 1 aromatic heterocycles. The number of nitrogens with zero attached hydrogens (tertiary/aromatic N) is 3. The second-order valence-electron chi connectivity index (χ2n) is 1.17. The van der Waals surface area contributed by atoms with Crippen molar-refractivity contribution >= 4 is 22.9 Å². The summed E-state index contributed by atoms with van der Waals surface area (Å²) in [5, 5.41) is 3.81. The van der Waals surface area contributed by atoms with Crippen LogP contribution in [0.2, 0.25) is 0 Å². The summed E-state index contributed by atoms with van der Waals surface area (Å²) in [5.41, 5.74) is 0. The van der Waals surface area contributed by atoms with Gasteiger partial charge in [-0.1, -0.05) is 0 Å². The number of aromatic nitrogens is 3. The lowest BCUT2D eigenvalue weighted by atomic mass is 10.8. The Morgan fingerprint density at radius 2 is 2.57 bits per heavy atom. The summed E-state index contributed by atoms with van der Waals surface area (Å²) in [6.07, 6.45) is 1.53. The van der Waals surface area contributed by atoms with E-state index in [9.17, 15) is 0 Å². The standard InChI is InChI=1S/C3H4IN3/c1-3-5-2-6-7(3)4/h2H,1H3. The molecular weight excluding hydrogens is 205 g/mol. The number of hydrogen-bond donors (Lipinski definition) is 0. The number of aryl methyl sites for hydroxylation is 1. The van der Waals surface area contributed by atoms with Gasteiger partial charge in [-0.25, -0.2) is 4.98 Å². The van der Waals surface area contributed by atoms with E-state index in [2.05, 4.69) is 32.9 Å². The van der Waals surface area contributed by atoms with E-state index in [4.69, 9.17) is 0 Å². The van der Waals surface area contributed by atoms with E-state index in [1.165, 1.54) is 6.33 Å². The highest BCUT2D eigenvalue weighted by atomic mass is 127. The minimum Gasteiger partial charge on any atom is -0.219 e. The molecular formula is C3H4IN3. The molecule has 0 saturated heterocycles. The largest absolute Gasteiger partial charge is 0.219 e. The first-order valence-corrected chi connectivity index (χ1v) is 2.80. The highest BCUT2D eigenvalue weighted by molar-refractivity contribution is 14.1. The normalized spacial score (nSPS) is 9.43. The minimum atomic E-state index is 0.931. The maximum absolute atomic E-state index is 3.86. The molecule has 0 spiro atoms. The van der Waals surface area contributed by atoms with Gasteiger partial charge in [0, 0.05) is 0 Å². The molecule has 1 heterocycles. The first-order valence-electron chi connectivity index (χ1n) is 1.83. The summed E-state index contributed by atoms with van der Waals surface area (Å²) >= 11 is 2.06. The van der Waals surface area contributed by atoms with Gasteiger partial charge in [0.15, 0.2) is 0 Å². The van der Waals surface area contributed by atoms with Crippen molar-refractivity contribution in [2.75, 3.05) is 0 Å². The molecule has 0 aliphatic rings. The second-order valence-corrected chi connectivity index (χ2v) is 2.08. The third-order valence-electron chi connectivity index (χ3n) is 0.665. The van der Waals surface area contributed by atoms with Crippen molar-refractivity contribution in [2.45, 2.75) is 6.92 Å². The average molecular weight is 209 g/mol. The summed E-state index contributed by atoms with van der Waals surface area (Å²) in [7, 11) is 0. The summed E-state index contributed by atoms with van der Waals surface area (Å²) in [4.78, 5) is 3.86. The third kappa shape index (κ3) is 0.902. The molecule has 1 aromatic rings. The number of hydrogen-bond acceptors (Lipinski definition) is 2. The monoisotopic (exact) mass is 209 g/mol. The van der Waals surface area contributed by atoms with Crippen LogP contribution in [0.25, 0.3) is 0 Å². The molecule has 0 N–H and O–H groups in total. The summed E-state index contributed by atoms with van der Waals surface area (Å²) < 4.78 is 1.69. The zero-order valence-corrected chi connectivity index (χ0v) is 5.95. The van der Waals surface area contributed by atoms with Crippen molar-refractivity contribution in [3.05, 3.63) is 12.2 Å². The molecule has 0 bridgehead atoms. The minimum absolute atomic E-state index is 0.931. The molecule has 0 amide bonds. The van der Waals surface area contributed by atoms with Crippen LogP contribution in [0.3, 0.4) is 0 Å². The van der Waals surface area contributed by atoms with Crippen LogP contribution in [0.5, 0.6) is 0 Å². The Morgan fingerprint density at radius 1 is 1.86 bits per heavy atom. The Kier molecular flexibility index (Phi) is 1.27. The molecule has 0 radical (unpaired) electrons. The van der Waals surface area contributed by atoms with Crippen LogP contribution in [0.1, 0.15) is 5.82 Å². The number of halogens is 1. The van der Waals surface area contributed by atoms with E-state index >= 15 is 0 Å². The second kappa shape index (κ2) is 1.77. The van der Waals surface area contributed by atoms with Gasteiger partial charge in [0.2, 0.25) is 0 Å². The quantitative estimate of drug-likeness (QED) is 0.591. The van der Waals surface area contributed by atoms with Gasteiger partial charge in [0.05, 0.1) is 22.9 Å². The van der Waals surface area contributed by atoms with E-state index in [-0.39, 0.29) is 0 Å². The SMILES string of the molecule is Cc1ncnn1I. The van der Waals surface area contributed by atoms with Crippen LogP contribution >= 0.6 is 22.9 Å². The molecule has 38 valence electrons. The lowest BCUT2D eigenvalue weighted by Crippen LogP contribution is -1.82. The van der Waals surface area contributed by atoms with E-state index < -0.39 is 0 Å². The smallest absolute Gasteiger partial charge is 0.138 e. The predicted molar refractivity (Wildman–Crippen MR) is 34.2 cm³/mol. The topological polar surface area (TPSA) is 30.7 Å². The van der Waals surface area contributed by atoms with Crippen molar-refractivity contribution in [3.8, 4) is 0 Å². The maximum Gasteiger partial charge on any atom is 0.138 e. The molecule has 3 nitrogen and oxygen atoms in total. The van der Waals surface area contributed by atoms with Crippen LogP contribution in [-0.2, 0) is 0 Å². The van der Waals surface area contributed by atoms with Crippen LogP contribution in [-0.4, -0.2) is 13.0 Å². The van der Waals surface area contributed by atoms with Gasteiger partial charge < -0.3 is 0 Å². The molecule has 0 saturated carbocycles. The summed E-state index contributed by atoms with van der Waals surface area (Å²) in [6.45, 7) is 1.90. The molecule has 0 aromatic carbocycles. The Labute approximate surface area is 55.2 Å². The van der Waals surface area contributed by atoms with Gasteiger partial charge in [0.1, 0.15) is 12.2 Å². The molecule has 0 fully saturated rings. The van der Waals surface area contributed by atoms with Gasteiger partial charge in [-0.2, -0.15) is 2.90 Å². The maximum atomic E-state index is 3.86. The van der Waals surface area contributed by atoms with E-state index in [1.54, 1.807) is 2.90 Å². The Balaban J connectivity index is 3.12. The van der Waals surface area contributed by atoms with Gasteiger partial charge >= 0.3 is 0 Å². The molecule has 7 heavy (non-hydrogen) atoms. The molecule has 1 rings (SSSR count). The van der Waals surface area contributed by atoms with Crippen molar-refractivity contribution in [1.82, 2.24) is 13.0 Å². The van der Waals surface area contributed by atoms with Gasteiger partial charge in [-0.15, -0.1) is 5.10 Å². The molecule has 4 heteroatoms. The lowest BCUT2D eigenvalue weighted by Gasteiger charge is -1.81. The molecule has 0 aliphatic carbocycles. The van der Waals surface area contributed by atoms with Gasteiger partial charge in [0.25, 0.3) is 0 Å². The van der Waals surface area contributed by atoms with Crippen LogP contribution in [0.4, 0.5) is 0 Å². The van der Waals surface area contributed by atoms with Crippen molar-refractivity contribution < 1.29 is 0 Å². The van der Waals surface area contributed by atoms with Crippen LogP contribution < -0.4 is 0 Å². The van der Waals surface area contributed by atoms with Crippen molar-refractivity contribution in [1.29, 1.82) is 0 Å².